The number of benzene rings is 1. The number of hydrogen-bond acceptors (Lipinski definition) is 6. The number of carbonyl (C=O) groups is 3. The second kappa shape index (κ2) is 9.86. The first-order valence-electron chi connectivity index (χ1n) is 9.49. The van der Waals surface area contributed by atoms with Crippen LogP contribution in [0.15, 0.2) is 24.3 Å². The molecule has 0 saturated carbocycles. The molecule has 156 valence electrons. The van der Waals surface area contributed by atoms with E-state index < -0.39 is 18.0 Å². The monoisotopic (exact) mass is 401 g/mol. The molecular formula is C21H27N3O5. The molecule has 2 aromatic rings. The number of ketones is 1. The molecule has 0 unspecified atom stereocenters. The van der Waals surface area contributed by atoms with Gasteiger partial charge in [0.25, 0.3) is 5.91 Å². The minimum atomic E-state index is -0.984. The number of hydrogen-bond donors (Lipinski definition) is 1. The lowest BCUT2D eigenvalue weighted by molar-refractivity contribution is -0.153. The van der Waals surface area contributed by atoms with Crippen molar-refractivity contribution in [2.75, 3.05) is 11.9 Å². The summed E-state index contributed by atoms with van der Waals surface area (Å²) < 4.78 is 12.2. The minimum Gasteiger partial charge on any atom is -0.494 e. The van der Waals surface area contributed by atoms with Gasteiger partial charge in [0.05, 0.1) is 30.1 Å². The van der Waals surface area contributed by atoms with Gasteiger partial charge in [-0.05, 0) is 52.0 Å². The van der Waals surface area contributed by atoms with Crippen LogP contribution in [0.25, 0.3) is 0 Å². The molecule has 0 aliphatic rings. The van der Waals surface area contributed by atoms with Crippen LogP contribution in [0.5, 0.6) is 5.75 Å². The van der Waals surface area contributed by atoms with Crippen LogP contribution in [0.2, 0.25) is 0 Å². The van der Waals surface area contributed by atoms with Gasteiger partial charge in [0, 0.05) is 19.0 Å². The zero-order valence-electron chi connectivity index (χ0n) is 17.4. The number of amides is 1. The number of esters is 1. The maximum atomic E-state index is 12.3. The zero-order chi connectivity index (χ0) is 21.6. The number of aromatic nitrogens is 2. The van der Waals surface area contributed by atoms with Crippen molar-refractivity contribution < 1.29 is 23.9 Å². The summed E-state index contributed by atoms with van der Waals surface area (Å²) in [5.74, 6) is -0.548. The van der Waals surface area contributed by atoms with Crippen LogP contribution in [0, 0.1) is 13.8 Å². The molecular weight excluding hydrogens is 374 g/mol. The Kier molecular flexibility index (Phi) is 7.52. The van der Waals surface area contributed by atoms with Crippen molar-refractivity contribution in [3.05, 3.63) is 41.2 Å². The van der Waals surface area contributed by atoms with Crippen molar-refractivity contribution in [3.63, 3.8) is 0 Å². The highest BCUT2D eigenvalue weighted by atomic mass is 16.5. The van der Waals surface area contributed by atoms with E-state index in [1.165, 1.54) is 6.92 Å². The lowest BCUT2D eigenvalue weighted by Gasteiger charge is -2.13. The van der Waals surface area contributed by atoms with E-state index in [2.05, 4.69) is 10.4 Å². The van der Waals surface area contributed by atoms with Crippen molar-refractivity contribution in [1.82, 2.24) is 9.78 Å². The van der Waals surface area contributed by atoms with Gasteiger partial charge in [-0.15, -0.1) is 0 Å². The zero-order valence-corrected chi connectivity index (χ0v) is 17.4. The van der Waals surface area contributed by atoms with Crippen LogP contribution in [-0.4, -0.2) is 40.2 Å². The van der Waals surface area contributed by atoms with Crippen molar-refractivity contribution in [2.45, 2.75) is 46.6 Å². The predicted molar refractivity (Wildman–Crippen MR) is 108 cm³/mol. The Hall–Kier alpha value is -3.16. The molecule has 1 N–H and O–H groups in total. The summed E-state index contributed by atoms with van der Waals surface area (Å²) in [5.41, 5.74) is 2.58. The summed E-state index contributed by atoms with van der Waals surface area (Å²) in [6.45, 7) is 7.53. The Bertz CT molecular complexity index is 886. The van der Waals surface area contributed by atoms with Gasteiger partial charge in [-0.3, -0.25) is 19.1 Å². The van der Waals surface area contributed by atoms with Crippen LogP contribution in [0.4, 0.5) is 5.69 Å². The van der Waals surface area contributed by atoms with Gasteiger partial charge in [-0.25, -0.2) is 0 Å². The molecule has 0 fully saturated rings. The van der Waals surface area contributed by atoms with Crippen LogP contribution < -0.4 is 10.1 Å². The highest BCUT2D eigenvalue weighted by Crippen LogP contribution is 2.19. The number of anilines is 1. The second-order valence-electron chi connectivity index (χ2n) is 6.67. The molecule has 8 nitrogen and oxygen atoms in total. The predicted octanol–water partition coefficient (Wildman–Crippen LogP) is 2.97. The molecule has 29 heavy (non-hydrogen) atoms. The molecule has 0 saturated heterocycles. The number of aryl methyl sites for hydroxylation is 2. The van der Waals surface area contributed by atoms with Gasteiger partial charge in [0.2, 0.25) is 0 Å². The van der Waals surface area contributed by atoms with Gasteiger partial charge in [-0.2, -0.15) is 5.10 Å². The van der Waals surface area contributed by atoms with E-state index in [1.54, 1.807) is 42.9 Å². The first kappa shape index (κ1) is 22.1. The molecule has 1 aromatic heterocycles. The van der Waals surface area contributed by atoms with Crippen molar-refractivity contribution in [3.8, 4) is 5.75 Å². The highest BCUT2D eigenvalue weighted by molar-refractivity contribution is 5.98. The van der Waals surface area contributed by atoms with Gasteiger partial charge in [-0.1, -0.05) is 0 Å². The maximum absolute atomic E-state index is 12.3. The summed E-state index contributed by atoms with van der Waals surface area (Å²) in [7, 11) is 1.78. The Labute approximate surface area is 170 Å². The second-order valence-corrected chi connectivity index (χ2v) is 6.67. The summed E-state index contributed by atoms with van der Waals surface area (Å²) >= 11 is 0. The molecule has 0 aliphatic heterocycles. The van der Waals surface area contributed by atoms with Crippen LogP contribution in [0.3, 0.4) is 0 Å². The van der Waals surface area contributed by atoms with E-state index in [9.17, 15) is 14.4 Å². The van der Waals surface area contributed by atoms with E-state index in [4.69, 9.17) is 9.47 Å². The Morgan fingerprint density at radius 1 is 1.14 bits per heavy atom. The number of carbonyl (C=O) groups excluding carboxylic acids is 3. The van der Waals surface area contributed by atoms with Crippen molar-refractivity contribution in [1.29, 1.82) is 0 Å². The molecule has 8 heteroatoms. The van der Waals surface area contributed by atoms with E-state index in [-0.39, 0.29) is 18.6 Å². The normalized spacial score (nSPS) is 11.6. The van der Waals surface area contributed by atoms with Crippen LogP contribution in [-0.2, 0) is 21.4 Å². The fourth-order valence-electron chi connectivity index (χ4n) is 2.75. The SMILES string of the molecule is CCOc1ccc(C(=O)CCC(=O)O[C@@H](C)C(=O)Nc2c(C)nn(C)c2C)cc1. The van der Waals surface area contributed by atoms with E-state index >= 15 is 0 Å². The lowest BCUT2D eigenvalue weighted by atomic mass is 10.1. The Balaban J connectivity index is 1.83. The van der Waals surface area contributed by atoms with Gasteiger partial charge >= 0.3 is 5.97 Å². The minimum absolute atomic E-state index is 0.00196. The van der Waals surface area contributed by atoms with Crippen molar-refractivity contribution in [2.24, 2.45) is 7.05 Å². The largest absolute Gasteiger partial charge is 0.494 e. The lowest BCUT2D eigenvalue weighted by Crippen LogP contribution is -2.30. The Morgan fingerprint density at radius 2 is 1.79 bits per heavy atom. The third kappa shape index (κ3) is 5.91. The summed E-state index contributed by atoms with van der Waals surface area (Å²) in [6, 6.07) is 6.74. The van der Waals surface area contributed by atoms with Crippen LogP contribution in [0.1, 0.15) is 48.4 Å². The first-order chi connectivity index (χ1) is 13.7. The van der Waals surface area contributed by atoms with Gasteiger partial charge < -0.3 is 14.8 Å². The van der Waals surface area contributed by atoms with Crippen LogP contribution >= 0.6 is 0 Å². The summed E-state index contributed by atoms with van der Waals surface area (Å²) in [5, 5.41) is 6.96. The molecule has 0 radical (unpaired) electrons. The van der Waals surface area contributed by atoms with Crippen molar-refractivity contribution >= 4 is 23.3 Å². The quantitative estimate of drug-likeness (QED) is 0.512. The highest BCUT2D eigenvalue weighted by Gasteiger charge is 2.21. The summed E-state index contributed by atoms with van der Waals surface area (Å²) in [6.07, 6.45) is -1.08. The van der Waals surface area contributed by atoms with Gasteiger partial charge in [0.15, 0.2) is 11.9 Å². The van der Waals surface area contributed by atoms with E-state index in [1.807, 2.05) is 13.8 Å². The number of rotatable bonds is 9. The molecule has 0 bridgehead atoms. The molecule has 2 rings (SSSR count). The fraction of sp³-hybridized carbons (Fsp3) is 0.429. The summed E-state index contributed by atoms with van der Waals surface area (Å²) in [4.78, 5) is 36.6. The average molecular weight is 401 g/mol. The molecule has 0 spiro atoms. The maximum Gasteiger partial charge on any atom is 0.307 e. The average Bonchev–Trinajstić information content (AvgIpc) is 2.92. The molecule has 1 heterocycles. The number of nitrogens with zero attached hydrogens (tertiary/aromatic N) is 2. The molecule has 1 aromatic carbocycles. The van der Waals surface area contributed by atoms with E-state index in [0.29, 0.717) is 29.3 Å². The van der Waals surface area contributed by atoms with E-state index in [0.717, 1.165) is 5.69 Å². The number of nitrogens with one attached hydrogen (secondary N) is 1. The molecule has 1 atom stereocenters. The Morgan fingerprint density at radius 3 is 2.34 bits per heavy atom. The van der Waals surface area contributed by atoms with Gasteiger partial charge in [0.1, 0.15) is 5.75 Å². The standard InChI is InChI=1S/C21H27N3O5/c1-6-28-17-9-7-16(8-10-17)18(25)11-12-19(26)29-15(4)21(27)22-20-13(2)23-24(5)14(20)3/h7-10,15H,6,11-12H2,1-5H3,(H,22,27)/t15-/m0/s1. The third-order valence-corrected chi connectivity index (χ3v) is 4.48. The number of ether oxygens (including phenoxy) is 2. The number of Topliss-reactive ketones (excluding diaryl/α,β-unsaturated/α-hetero) is 1. The third-order valence-electron chi connectivity index (χ3n) is 4.48. The smallest absolute Gasteiger partial charge is 0.307 e. The topological polar surface area (TPSA) is 99.5 Å². The fourth-order valence-corrected chi connectivity index (χ4v) is 2.75. The molecule has 1 amide bonds. The first-order valence-corrected chi connectivity index (χ1v) is 9.49. The molecule has 0 aliphatic carbocycles.